The lowest BCUT2D eigenvalue weighted by atomic mass is 10.1. The molecule has 0 spiro atoms. The Kier molecular flexibility index (Phi) is 1.77. The Labute approximate surface area is 83.2 Å². The van der Waals surface area contributed by atoms with Crippen molar-refractivity contribution < 1.29 is 4.52 Å². The van der Waals surface area contributed by atoms with Crippen molar-refractivity contribution in [2.75, 3.05) is 18.9 Å². The van der Waals surface area contributed by atoms with Crippen LogP contribution in [0.25, 0.3) is 0 Å². The Morgan fingerprint density at radius 2 is 2.36 bits per heavy atom. The van der Waals surface area contributed by atoms with Crippen LogP contribution in [-0.4, -0.2) is 29.7 Å². The first-order valence-electron chi connectivity index (χ1n) is 5.25. The summed E-state index contributed by atoms with van der Waals surface area (Å²) in [5.41, 5.74) is 2.41. The van der Waals surface area contributed by atoms with Gasteiger partial charge in [0.05, 0.1) is 11.3 Å². The SMILES string of the molecule is CN1CCc2noc(NC3CC3)c2C1. The van der Waals surface area contributed by atoms with Crippen molar-refractivity contribution in [3.05, 3.63) is 11.3 Å². The molecule has 1 aromatic heterocycles. The van der Waals surface area contributed by atoms with Gasteiger partial charge in [0.15, 0.2) is 0 Å². The van der Waals surface area contributed by atoms with Crippen LogP contribution in [0.5, 0.6) is 0 Å². The number of nitrogens with zero attached hydrogens (tertiary/aromatic N) is 2. The Morgan fingerprint density at radius 3 is 3.14 bits per heavy atom. The van der Waals surface area contributed by atoms with Gasteiger partial charge >= 0.3 is 0 Å². The molecule has 0 amide bonds. The van der Waals surface area contributed by atoms with Crippen molar-refractivity contribution in [2.45, 2.75) is 31.8 Å². The van der Waals surface area contributed by atoms with Gasteiger partial charge in [-0.1, -0.05) is 5.16 Å². The number of hydrogen-bond acceptors (Lipinski definition) is 4. The van der Waals surface area contributed by atoms with Gasteiger partial charge in [-0.2, -0.15) is 0 Å². The number of nitrogens with one attached hydrogen (secondary N) is 1. The van der Waals surface area contributed by atoms with Gasteiger partial charge in [0.2, 0.25) is 5.88 Å². The van der Waals surface area contributed by atoms with E-state index in [1.165, 1.54) is 18.4 Å². The van der Waals surface area contributed by atoms with E-state index < -0.39 is 0 Å². The fourth-order valence-electron chi connectivity index (χ4n) is 1.87. The van der Waals surface area contributed by atoms with Crippen LogP contribution in [0.3, 0.4) is 0 Å². The molecule has 1 aliphatic heterocycles. The Hall–Kier alpha value is -1.03. The fourth-order valence-corrected chi connectivity index (χ4v) is 1.87. The van der Waals surface area contributed by atoms with Gasteiger partial charge in [0, 0.05) is 25.6 Å². The molecule has 1 fully saturated rings. The van der Waals surface area contributed by atoms with E-state index in [-0.39, 0.29) is 0 Å². The minimum absolute atomic E-state index is 0.638. The van der Waals surface area contributed by atoms with E-state index in [0.29, 0.717) is 6.04 Å². The smallest absolute Gasteiger partial charge is 0.229 e. The summed E-state index contributed by atoms with van der Waals surface area (Å²) in [6.07, 6.45) is 3.55. The largest absolute Gasteiger partial charge is 0.351 e. The molecule has 0 saturated heterocycles. The van der Waals surface area contributed by atoms with E-state index in [9.17, 15) is 0 Å². The molecule has 1 aliphatic carbocycles. The van der Waals surface area contributed by atoms with Crippen LogP contribution < -0.4 is 5.32 Å². The molecule has 3 rings (SSSR count). The Balaban J connectivity index is 1.85. The van der Waals surface area contributed by atoms with E-state index in [4.69, 9.17) is 4.52 Å². The Morgan fingerprint density at radius 1 is 1.50 bits per heavy atom. The molecular formula is C10H15N3O. The summed E-state index contributed by atoms with van der Waals surface area (Å²) in [4.78, 5) is 2.30. The van der Waals surface area contributed by atoms with E-state index in [1.54, 1.807) is 0 Å². The topological polar surface area (TPSA) is 41.3 Å². The van der Waals surface area contributed by atoms with E-state index >= 15 is 0 Å². The van der Waals surface area contributed by atoms with Crippen molar-refractivity contribution in [2.24, 2.45) is 0 Å². The quantitative estimate of drug-likeness (QED) is 0.767. The van der Waals surface area contributed by atoms with Crippen molar-refractivity contribution in [1.29, 1.82) is 0 Å². The van der Waals surface area contributed by atoms with Gasteiger partial charge in [-0.3, -0.25) is 0 Å². The van der Waals surface area contributed by atoms with Crippen LogP contribution in [0, 0.1) is 0 Å². The Bertz CT molecular complexity index is 343. The van der Waals surface area contributed by atoms with Crippen LogP contribution in [-0.2, 0) is 13.0 Å². The number of hydrogen-bond donors (Lipinski definition) is 1. The second-order valence-corrected chi connectivity index (χ2v) is 4.34. The first-order chi connectivity index (χ1) is 6.83. The predicted octanol–water partition coefficient (Wildman–Crippen LogP) is 1.24. The number of fused-ring (bicyclic) bond motifs is 1. The van der Waals surface area contributed by atoms with E-state index in [2.05, 4.69) is 22.4 Å². The lowest BCUT2D eigenvalue weighted by Crippen LogP contribution is -2.26. The van der Waals surface area contributed by atoms with Gasteiger partial charge in [-0.25, -0.2) is 0 Å². The second kappa shape index (κ2) is 2.98. The highest BCUT2D eigenvalue weighted by molar-refractivity contribution is 5.46. The molecule has 2 heterocycles. The van der Waals surface area contributed by atoms with Crippen LogP contribution >= 0.6 is 0 Å². The number of likely N-dealkylation sites (N-methyl/N-ethyl adjacent to an activating group) is 1. The summed E-state index contributed by atoms with van der Waals surface area (Å²) < 4.78 is 5.33. The summed E-state index contributed by atoms with van der Waals surface area (Å²) in [5, 5.41) is 7.50. The molecule has 0 aromatic carbocycles. The summed E-state index contributed by atoms with van der Waals surface area (Å²) in [6, 6.07) is 0.638. The molecule has 4 heteroatoms. The highest BCUT2D eigenvalue weighted by Crippen LogP contribution is 2.30. The van der Waals surface area contributed by atoms with Gasteiger partial charge in [0.1, 0.15) is 0 Å². The third kappa shape index (κ3) is 1.39. The average molecular weight is 193 g/mol. The standard InChI is InChI=1S/C10H15N3O/c1-13-5-4-9-8(6-13)10(14-12-9)11-7-2-3-7/h7,11H,2-6H2,1H3. The molecule has 76 valence electrons. The normalized spacial score (nSPS) is 22.1. The highest BCUT2D eigenvalue weighted by atomic mass is 16.5. The van der Waals surface area contributed by atoms with Gasteiger partial charge in [-0.05, 0) is 19.9 Å². The molecular weight excluding hydrogens is 178 g/mol. The van der Waals surface area contributed by atoms with Gasteiger partial charge in [-0.15, -0.1) is 0 Å². The zero-order valence-corrected chi connectivity index (χ0v) is 8.42. The van der Waals surface area contributed by atoms with E-state index in [0.717, 1.165) is 31.1 Å². The summed E-state index contributed by atoms with van der Waals surface area (Å²) >= 11 is 0. The maximum absolute atomic E-state index is 5.33. The van der Waals surface area contributed by atoms with E-state index in [1.807, 2.05) is 0 Å². The molecule has 1 saturated carbocycles. The average Bonchev–Trinajstić information content (AvgIpc) is 2.90. The zero-order chi connectivity index (χ0) is 9.54. The summed E-state index contributed by atoms with van der Waals surface area (Å²) in [7, 11) is 2.14. The molecule has 1 N–H and O–H groups in total. The van der Waals surface area contributed by atoms with Crippen LogP contribution in [0.1, 0.15) is 24.1 Å². The molecule has 0 radical (unpaired) electrons. The minimum atomic E-state index is 0.638. The predicted molar refractivity (Wildman–Crippen MR) is 53.2 cm³/mol. The first-order valence-corrected chi connectivity index (χ1v) is 5.25. The molecule has 1 aromatic rings. The van der Waals surface area contributed by atoms with Crippen LogP contribution in [0.15, 0.2) is 4.52 Å². The van der Waals surface area contributed by atoms with Gasteiger partial charge < -0.3 is 14.7 Å². The number of anilines is 1. The molecule has 14 heavy (non-hydrogen) atoms. The van der Waals surface area contributed by atoms with Crippen molar-refractivity contribution in [3.63, 3.8) is 0 Å². The number of aromatic nitrogens is 1. The number of rotatable bonds is 2. The maximum atomic E-state index is 5.33. The monoisotopic (exact) mass is 193 g/mol. The molecule has 0 unspecified atom stereocenters. The maximum Gasteiger partial charge on any atom is 0.229 e. The van der Waals surface area contributed by atoms with Crippen molar-refractivity contribution >= 4 is 5.88 Å². The first kappa shape index (κ1) is 8.29. The fraction of sp³-hybridized carbons (Fsp3) is 0.700. The van der Waals surface area contributed by atoms with Crippen molar-refractivity contribution in [3.8, 4) is 0 Å². The van der Waals surface area contributed by atoms with Crippen LogP contribution in [0.4, 0.5) is 5.88 Å². The lowest BCUT2D eigenvalue weighted by Gasteiger charge is -2.21. The van der Waals surface area contributed by atoms with Crippen molar-refractivity contribution in [1.82, 2.24) is 10.1 Å². The lowest BCUT2D eigenvalue weighted by molar-refractivity contribution is 0.311. The third-order valence-electron chi connectivity index (χ3n) is 2.94. The molecule has 4 nitrogen and oxygen atoms in total. The highest BCUT2D eigenvalue weighted by Gasteiger charge is 2.27. The summed E-state index contributed by atoms with van der Waals surface area (Å²) in [5.74, 6) is 0.911. The minimum Gasteiger partial charge on any atom is -0.351 e. The second-order valence-electron chi connectivity index (χ2n) is 4.34. The molecule has 2 aliphatic rings. The third-order valence-corrected chi connectivity index (χ3v) is 2.94. The van der Waals surface area contributed by atoms with Crippen LogP contribution in [0.2, 0.25) is 0 Å². The van der Waals surface area contributed by atoms with Gasteiger partial charge in [0.25, 0.3) is 0 Å². The zero-order valence-electron chi connectivity index (χ0n) is 8.42. The summed E-state index contributed by atoms with van der Waals surface area (Å²) in [6.45, 7) is 2.05. The molecule has 0 atom stereocenters. The molecule has 0 bridgehead atoms.